The van der Waals surface area contributed by atoms with Crippen LogP contribution < -0.4 is 0 Å². The Morgan fingerprint density at radius 2 is 2.60 bits per heavy atom. The van der Waals surface area contributed by atoms with Crippen LogP contribution in [0.2, 0.25) is 4.13 Å². The van der Waals surface area contributed by atoms with Gasteiger partial charge in [-0.25, -0.2) is 0 Å². The van der Waals surface area contributed by atoms with Crippen molar-refractivity contribution in [1.29, 1.82) is 0 Å². The molecule has 0 N–H and O–H groups in total. The molecule has 0 radical (unpaired) electrons. The zero-order valence-corrected chi connectivity index (χ0v) is 9.71. The van der Waals surface area contributed by atoms with Gasteiger partial charge in [0.1, 0.15) is 0 Å². The van der Waals surface area contributed by atoms with Crippen molar-refractivity contribution in [1.82, 2.24) is 0 Å². The van der Waals surface area contributed by atoms with Gasteiger partial charge in [-0.2, -0.15) is 0 Å². The van der Waals surface area contributed by atoms with Crippen LogP contribution in [0.5, 0.6) is 0 Å². The van der Waals surface area contributed by atoms with Crippen LogP contribution in [0.1, 0.15) is 0 Å². The second-order valence-electron chi connectivity index (χ2n) is 0.824. The van der Waals surface area contributed by atoms with Crippen molar-refractivity contribution in [3.63, 3.8) is 0 Å². The van der Waals surface area contributed by atoms with Crippen molar-refractivity contribution >= 4 is 35.6 Å². The molecule has 0 amide bonds. The molecule has 0 unspecified atom stereocenters. The molecule has 0 saturated heterocycles. The summed E-state index contributed by atoms with van der Waals surface area (Å²) in [6.07, 6.45) is 2.40. The van der Waals surface area contributed by atoms with Crippen LogP contribution >= 0.6 is 0 Å². The molecule has 0 saturated carbocycles. The topological polar surface area (TPSA) is 0 Å². The van der Waals surface area contributed by atoms with Crippen LogP contribution in [0.15, 0.2) is 9.86 Å². The maximum absolute atomic E-state index is 2.50. The van der Waals surface area contributed by atoms with E-state index in [-0.39, 0.29) is 17.8 Å². The molecule has 0 aromatic heterocycles. The third-order valence-corrected chi connectivity index (χ3v) is 19.6. The van der Waals surface area contributed by atoms with Crippen LogP contribution in [0.4, 0.5) is 0 Å². The van der Waals surface area contributed by atoms with E-state index in [1.807, 2.05) is 0 Å². The van der Waals surface area contributed by atoms with Gasteiger partial charge in [0.2, 0.25) is 0 Å². The van der Waals surface area contributed by atoms with E-state index in [4.69, 9.17) is 0 Å². The second-order valence-corrected chi connectivity index (χ2v) is 22.9. The predicted molar refractivity (Wildman–Crippen MR) is 25.5 cm³/mol. The summed E-state index contributed by atoms with van der Waals surface area (Å²) in [7, 11) is 0. The first kappa shape index (κ1) is 4.66. The Morgan fingerprint density at radius 1 is 1.60 bits per heavy atom. The Bertz CT molecular complexity index is 63.0. The maximum atomic E-state index is 2.50. The Kier molecular flexibility index (Phi) is 2.46. The third kappa shape index (κ3) is 1.60. The first-order valence-corrected chi connectivity index (χ1v) is 21.2. The zero-order valence-electron chi connectivity index (χ0n) is 2.76. The van der Waals surface area contributed by atoms with E-state index in [2.05, 4.69) is 9.86 Å². The van der Waals surface area contributed by atoms with Gasteiger partial charge in [-0.05, 0) is 0 Å². The fraction of sp³-hybridized carbons (Fsp3) is 0.333. The summed E-state index contributed by atoms with van der Waals surface area (Å²) in [5.41, 5.74) is 0. The first-order chi connectivity index (χ1) is 2.50. The molecule has 1 aliphatic rings. The Labute approximate surface area is 48.8 Å². The van der Waals surface area contributed by atoms with Crippen molar-refractivity contribution < 1.29 is 0 Å². The molecule has 1 rings (SSSR count). The number of allylic oxidation sites excluding steroid dienone is 1. The van der Waals surface area contributed by atoms with E-state index >= 15 is 0 Å². The van der Waals surface area contributed by atoms with E-state index in [1.54, 1.807) is 4.13 Å². The van der Waals surface area contributed by atoms with Gasteiger partial charge in [-0.3, -0.25) is 0 Å². The first-order valence-electron chi connectivity index (χ1n) is 1.52. The van der Waals surface area contributed by atoms with Gasteiger partial charge in [-0.15, -0.1) is 0 Å². The van der Waals surface area contributed by atoms with Gasteiger partial charge in [-0.1, -0.05) is 0 Å². The molecular weight excluding hydrogens is 454 g/mol. The van der Waals surface area contributed by atoms with Crippen LogP contribution in [-0.4, -0.2) is 35.6 Å². The van der Waals surface area contributed by atoms with Crippen LogP contribution in [0.3, 0.4) is 0 Å². The SMILES string of the molecule is C1=[CH][Bi]=[Bi][CH2]1. The van der Waals surface area contributed by atoms with E-state index in [1.165, 1.54) is 0 Å². The molecule has 0 spiro atoms. The third-order valence-electron chi connectivity index (χ3n) is 0.441. The molecule has 0 aromatic carbocycles. The summed E-state index contributed by atoms with van der Waals surface area (Å²) in [5.74, 6) is 0. The minimum absolute atomic E-state index is 0.256. The van der Waals surface area contributed by atoms with Gasteiger partial charge < -0.3 is 0 Å². The van der Waals surface area contributed by atoms with Crippen LogP contribution in [0, 0.1) is 0 Å². The van der Waals surface area contributed by atoms with Gasteiger partial charge in [0.05, 0.1) is 0 Å². The van der Waals surface area contributed by atoms with Crippen LogP contribution in [0.25, 0.3) is 0 Å². The van der Waals surface area contributed by atoms with E-state index in [9.17, 15) is 0 Å². The molecule has 0 fully saturated rings. The normalized spacial score (nSPS) is 17.6. The number of rotatable bonds is 0. The molecular formula is C3H4Bi2. The molecule has 0 atom stereocenters. The fourth-order valence-corrected chi connectivity index (χ4v) is 18.1. The molecule has 0 bridgehead atoms. The molecule has 1 heterocycles. The van der Waals surface area contributed by atoms with Gasteiger partial charge >= 0.3 is 49.5 Å². The molecule has 2 heteroatoms. The average molecular weight is 458 g/mol. The summed E-state index contributed by atoms with van der Waals surface area (Å²) in [6, 6.07) is 0. The molecule has 26 valence electrons. The van der Waals surface area contributed by atoms with Crippen molar-refractivity contribution in [3.05, 3.63) is 9.86 Å². The Morgan fingerprint density at radius 3 is 2.80 bits per heavy atom. The van der Waals surface area contributed by atoms with E-state index < -0.39 is 0 Å². The van der Waals surface area contributed by atoms with E-state index in [0.717, 1.165) is 0 Å². The van der Waals surface area contributed by atoms with Crippen LogP contribution in [-0.2, 0) is 0 Å². The van der Waals surface area contributed by atoms with Crippen molar-refractivity contribution in [3.8, 4) is 0 Å². The molecule has 0 nitrogen and oxygen atoms in total. The summed E-state index contributed by atoms with van der Waals surface area (Å²) in [4.78, 5) is 0. The Hall–Kier alpha value is 1.51. The van der Waals surface area contributed by atoms with Gasteiger partial charge in [0.15, 0.2) is 0 Å². The number of hydrogen-bond acceptors (Lipinski definition) is 0. The summed E-state index contributed by atoms with van der Waals surface area (Å²) in [6.45, 7) is 0. The number of hydrogen-bond donors (Lipinski definition) is 0. The van der Waals surface area contributed by atoms with Gasteiger partial charge in [0, 0.05) is 0 Å². The molecule has 5 heavy (non-hydrogen) atoms. The van der Waals surface area contributed by atoms with Crippen molar-refractivity contribution in [2.24, 2.45) is 0 Å². The Balaban J connectivity index is 2.61. The fourth-order valence-electron chi connectivity index (χ4n) is 0.236. The zero-order chi connectivity index (χ0) is 3.54. The summed E-state index contributed by atoms with van der Waals surface area (Å²) >= 11 is 0.582. The average Bonchev–Trinajstić information content (AvgIpc) is 1.76. The van der Waals surface area contributed by atoms with Crippen molar-refractivity contribution in [2.45, 2.75) is 4.13 Å². The quantitative estimate of drug-likeness (QED) is 0.458. The van der Waals surface area contributed by atoms with Crippen molar-refractivity contribution in [2.75, 3.05) is 0 Å². The second kappa shape index (κ2) is 2.64. The minimum atomic E-state index is 0.256. The molecule has 0 aromatic rings. The molecule has 1 aliphatic heterocycles. The van der Waals surface area contributed by atoms with E-state index in [0.29, 0.717) is 17.8 Å². The summed E-state index contributed by atoms with van der Waals surface area (Å²) in [5, 5.41) is 0. The monoisotopic (exact) mass is 458 g/mol. The predicted octanol–water partition coefficient (Wildman–Crippen LogP) is 0.255. The standard InChI is InChI=1S/C3H4.2Bi/c1-3-2;;/h1,3H,2H2;;. The summed E-state index contributed by atoms with van der Waals surface area (Å²) < 4.78 is 4.08. The molecule has 0 aliphatic carbocycles. The van der Waals surface area contributed by atoms with Gasteiger partial charge in [0.25, 0.3) is 0 Å².